The lowest BCUT2D eigenvalue weighted by Crippen LogP contribution is -2.47. The second-order valence-corrected chi connectivity index (χ2v) is 27.6. The zero-order valence-electron chi connectivity index (χ0n) is 56.2. The van der Waals surface area contributed by atoms with E-state index in [1.807, 2.05) is 27.2 Å². The minimum absolute atomic E-state index is 0.0425. The van der Waals surface area contributed by atoms with Gasteiger partial charge in [0, 0.05) is 12.8 Å². The summed E-state index contributed by atoms with van der Waals surface area (Å²) in [7, 11) is 1.51. The number of amides is 1. The quantitative estimate of drug-likeness (QED) is 0.0205. The van der Waals surface area contributed by atoms with Gasteiger partial charge in [-0.1, -0.05) is 308 Å². The van der Waals surface area contributed by atoms with Gasteiger partial charge in [0.05, 0.1) is 33.8 Å². The first kappa shape index (κ1) is 81.2. The van der Waals surface area contributed by atoms with E-state index in [0.717, 1.165) is 57.8 Å². The maximum atomic E-state index is 13.6. The third-order valence-corrected chi connectivity index (χ3v) is 17.5. The monoisotopic (exact) mass is 1190 g/mol. The van der Waals surface area contributed by atoms with Crippen molar-refractivity contribution in [2.45, 2.75) is 380 Å². The standard InChI is InChI=1S/C73H141N2O7P/c1-7-10-13-16-19-22-25-28-30-32-34-35-36-37-38-39-41-43-45-48-51-54-57-60-63-66-73(77)82-71(64-61-58-55-52-49-46-27-24-21-18-15-12-9-3)70(69-81-83(78,79)80-68-67-75(4,5)6)74-72(76)65-62-59-56-53-50-47-44-42-40-33-31-29-26-23-20-17-14-11-8-2/h28-31,61,64,70-71H,7-27,32-60,62-63,65-69H2,1-6H3,(H-,74,76,78,79)/p+1/b30-28+,31-29+,64-61-. The van der Waals surface area contributed by atoms with Crippen LogP contribution in [-0.2, 0) is 27.9 Å². The Labute approximate surface area is 516 Å². The maximum Gasteiger partial charge on any atom is 0.472 e. The van der Waals surface area contributed by atoms with E-state index >= 15 is 0 Å². The van der Waals surface area contributed by atoms with Crippen molar-refractivity contribution in [2.75, 3.05) is 40.9 Å². The van der Waals surface area contributed by atoms with Crippen LogP contribution in [0.2, 0.25) is 0 Å². The molecule has 10 heteroatoms. The lowest BCUT2D eigenvalue weighted by atomic mass is 10.0. The molecule has 3 unspecified atom stereocenters. The highest BCUT2D eigenvalue weighted by atomic mass is 31.2. The first-order valence-corrected chi connectivity index (χ1v) is 37.8. The van der Waals surface area contributed by atoms with E-state index in [1.165, 1.54) is 276 Å². The number of esters is 1. The molecule has 83 heavy (non-hydrogen) atoms. The topological polar surface area (TPSA) is 111 Å². The van der Waals surface area contributed by atoms with Crippen LogP contribution in [0.3, 0.4) is 0 Å². The third kappa shape index (κ3) is 64.5. The number of quaternary nitrogens is 1. The fourth-order valence-corrected chi connectivity index (χ4v) is 11.7. The molecule has 0 aliphatic heterocycles. The minimum atomic E-state index is -4.45. The Hall–Kier alpha value is -1.77. The minimum Gasteiger partial charge on any atom is -0.456 e. The molecule has 0 aromatic heterocycles. The number of phosphoric ester groups is 1. The van der Waals surface area contributed by atoms with E-state index in [1.54, 1.807) is 0 Å². The first-order valence-electron chi connectivity index (χ1n) is 36.3. The fraction of sp³-hybridized carbons (Fsp3) is 0.890. The predicted molar refractivity (Wildman–Crippen MR) is 360 cm³/mol. The molecule has 0 aromatic carbocycles. The number of nitrogens with zero attached hydrogens (tertiary/aromatic N) is 1. The molecule has 0 aliphatic rings. The van der Waals surface area contributed by atoms with Crippen LogP contribution in [-0.4, -0.2) is 74.3 Å². The molecule has 0 rings (SSSR count). The van der Waals surface area contributed by atoms with Gasteiger partial charge in [0.2, 0.25) is 5.91 Å². The molecule has 1 amide bonds. The van der Waals surface area contributed by atoms with Crippen LogP contribution in [0, 0.1) is 0 Å². The molecule has 0 saturated carbocycles. The Bertz CT molecular complexity index is 1510. The summed E-state index contributed by atoms with van der Waals surface area (Å²) in [6.45, 7) is 7.07. The highest BCUT2D eigenvalue weighted by molar-refractivity contribution is 7.47. The molecule has 3 atom stereocenters. The number of carbonyl (C=O) groups is 2. The van der Waals surface area contributed by atoms with Crippen LogP contribution in [0.4, 0.5) is 0 Å². The van der Waals surface area contributed by atoms with Gasteiger partial charge in [-0.05, 0) is 83.1 Å². The summed E-state index contributed by atoms with van der Waals surface area (Å²) in [6, 6.07) is -0.847. The molecule has 490 valence electrons. The summed E-state index contributed by atoms with van der Waals surface area (Å²) in [5.41, 5.74) is 0. The molecule has 0 radical (unpaired) electrons. The number of unbranched alkanes of at least 4 members (excludes halogenated alkanes) is 47. The van der Waals surface area contributed by atoms with Gasteiger partial charge < -0.3 is 19.4 Å². The summed E-state index contributed by atoms with van der Waals surface area (Å²) in [6.07, 6.45) is 78.7. The number of hydrogen-bond donors (Lipinski definition) is 2. The molecule has 0 spiro atoms. The van der Waals surface area contributed by atoms with Gasteiger partial charge in [0.15, 0.2) is 0 Å². The molecule has 0 aliphatic carbocycles. The lowest BCUT2D eigenvalue weighted by Gasteiger charge is -2.27. The zero-order valence-corrected chi connectivity index (χ0v) is 57.1. The third-order valence-electron chi connectivity index (χ3n) is 16.6. The first-order chi connectivity index (χ1) is 40.4. The van der Waals surface area contributed by atoms with Crippen molar-refractivity contribution in [2.24, 2.45) is 0 Å². The number of rotatable bonds is 67. The van der Waals surface area contributed by atoms with Crippen LogP contribution in [0.25, 0.3) is 0 Å². The summed E-state index contributed by atoms with van der Waals surface area (Å²) >= 11 is 0. The van der Waals surface area contributed by atoms with Gasteiger partial charge in [-0.25, -0.2) is 4.57 Å². The second-order valence-electron chi connectivity index (χ2n) is 26.1. The van der Waals surface area contributed by atoms with Gasteiger partial charge in [-0.2, -0.15) is 0 Å². The van der Waals surface area contributed by atoms with Crippen molar-refractivity contribution in [3.63, 3.8) is 0 Å². The number of allylic oxidation sites excluding steroid dienone is 5. The smallest absolute Gasteiger partial charge is 0.456 e. The number of carbonyl (C=O) groups excluding carboxylic acids is 2. The molecule has 2 N–H and O–H groups in total. The van der Waals surface area contributed by atoms with Gasteiger partial charge in [0.1, 0.15) is 19.3 Å². The van der Waals surface area contributed by atoms with Crippen molar-refractivity contribution in [3.8, 4) is 0 Å². The Morgan fingerprint density at radius 2 is 0.699 bits per heavy atom. The van der Waals surface area contributed by atoms with E-state index in [0.29, 0.717) is 23.9 Å². The van der Waals surface area contributed by atoms with E-state index in [-0.39, 0.29) is 25.1 Å². The number of likely N-dealkylation sites (N-methyl/N-ethyl adjacent to an activating group) is 1. The fourth-order valence-electron chi connectivity index (χ4n) is 10.9. The average molecular weight is 1190 g/mol. The van der Waals surface area contributed by atoms with Gasteiger partial charge in [0.25, 0.3) is 0 Å². The van der Waals surface area contributed by atoms with Crippen molar-refractivity contribution < 1.29 is 37.3 Å². The number of hydrogen-bond acceptors (Lipinski definition) is 6. The van der Waals surface area contributed by atoms with E-state index < -0.39 is 20.0 Å². The largest absolute Gasteiger partial charge is 0.472 e. The highest BCUT2D eigenvalue weighted by Gasteiger charge is 2.30. The molecule has 0 bridgehead atoms. The van der Waals surface area contributed by atoms with Crippen molar-refractivity contribution >= 4 is 19.7 Å². The van der Waals surface area contributed by atoms with Crippen molar-refractivity contribution in [1.82, 2.24) is 5.32 Å². The Morgan fingerprint density at radius 1 is 0.410 bits per heavy atom. The zero-order chi connectivity index (χ0) is 60.7. The predicted octanol–water partition coefficient (Wildman–Crippen LogP) is 23.0. The van der Waals surface area contributed by atoms with Crippen LogP contribution in [0.5, 0.6) is 0 Å². The van der Waals surface area contributed by atoms with Crippen LogP contribution >= 0.6 is 7.82 Å². The van der Waals surface area contributed by atoms with Gasteiger partial charge in [-0.3, -0.25) is 18.6 Å². The summed E-state index contributed by atoms with van der Waals surface area (Å²) in [5, 5.41) is 3.08. The summed E-state index contributed by atoms with van der Waals surface area (Å²) in [4.78, 5) is 37.9. The molecular formula is C73H142N2O7P+. The number of phosphoric acid groups is 1. The summed E-state index contributed by atoms with van der Waals surface area (Å²) in [5.74, 6) is -0.488. The van der Waals surface area contributed by atoms with E-state index in [2.05, 4.69) is 56.5 Å². The SMILES string of the molecule is CCCCCCCC/C=C/CCCCCCCCCCCCCCCCCC(=O)OC(/C=C\CCCCCCCCCCCCC)C(COP(=O)(O)OCC[N+](C)(C)C)NC(=O)CCCCCCCCCCC/C=C/CCCCCCCC. The molecular weight excluding hydrogens is 1050 g/mol. The van der Waals surface area contributed by atoms with E-state index in [4.69, 9.17) is 13.8 Å². The normalized spacial score (nSPS) is 13.7. The molecule has 0 saturated heterocycles. The molecule has 0 heterocycles. The maximum absolute atomic E-state index is 13.6. The Morgan fingerprint density at radius 3 is 1.02 bits per heavy atom. The Balaban J connectivity index is 5.05. The van der Waals surface area contributed by atoms with Gasteiger partial charge in [-0.15, -0.1) is 0 Å². The number of nitrogens with one attached hydrogen (secondary N) is 1. The van der Waals surface area contributed by atoms with Gasteiger partial charge >= 0.3 is 13.8 Å². The molecule has 0 aromatic rings. The summed E-state index contributed by atoms with van der Waals surface area (Å²) < 4.78 is 30.9. The second kappa shape index (κ2) is 63.3. The Kier molecular flexibility index (Phi) is 61.9. The molecule has 9 nitrogen and oxygen atoms in total. The van der Waals surface area contributed by atoms with Crippen LogP contribution < -0.4 is 5.32 Å². The van der Waals surface area contributed by atoms with Crippen LogP contribution in [0.15, 0.2) is 36.5 Å². The number of ether oxygens (including phenoxy) is 1. The van der Waals surface area contributed by atoms with E-state index in [9.17, 15) is 19.0 Å². The average Bonchev–Trinajstić information content (AvgIpc) is 3.46. The van der Waals surface area contributed by atoms with Crippen molar-refractivity contribution in [3.05, 3.63) is 36.5 Å². The molecule has 0 fully saturated rings. The lowest BCUT2D eigenvalue weighted by molar-refractivity contribution is -0.870. The highest BCUT2D eigenvalue weighted by Crippen LogP contribution is 2.43. The van der Waals surface area contributed by atoms with Crippen molar-refractivity contribution in [1.29, 1.82) is 0 Å². The van der Waals surface area contributed by atoms with Crippen LogP contribution in [0.1, 0.15) is 367 Å².